The number of rotatable bonds is 8. The molecule has 0 saturated heterocycles. The SMILES string of the molecule is Nc1nc(NNCC(=O)c2ncccc2OC(F)F)c(Br)c(-c2ncco2)n1. The minimum atomic E-state index is -3.07. The van der Waals surface area contributed by atoms with E-state index in [-0.39, 0.29) is 35.6 Å². The van der Waals surface area contributed by atoms with E-state index in [1.165, 1.54) is 30.8 Å². The van der Waals surface area contributed by atoms with Crippen LogP contribution < -0.4 is 21.3 Å². The quantitative estimate of drug-likeness (QED) is 0.342. The van der Waals surface area contributed by atoms with Crippen LogP contribution in [0.25, 0.3) is 11.6 Å². The lowest BCUT2D eigenvalue weighted by Gasteiger charge is -2.12. The van der Waals surface area contributed by atoms with Gasteiger partial charge >= 0.3 is 6.61 Å². The highest BCUT2D eigenvalue weighted by Gasteiger charge is 2.18. The Morgan fingerprint density at radius 3 is 2.86 bits per heavy atom. The summed E-state index contributed by atoms with van der Waals surface area (Å²) in [5, 5.41) is 0. The number of alkyl halides is 2. The molecule has 0 radical (unpaired) electrons. The molecular weight excluding hydrogens is 444 g/mol. The van der Waals surface area contributed by atoms with Crippen molar-refractivity contribution < 1.29 is 22.7 Å². The Hall–Kier alpha value is -3.19. The van der Waals surface area contributed by atoms with Crippen LogP contribution in [0.3, 0.4) is 0 Å². The summed E-state index contributed by atoms with van der Waals surface area (Å²) in [6.07, 6.45) is 4.11. The number of aromatic nitrogens is 4. The fraction of sp³-hybridized carbons (Fsp3) is 0.133. The molecule has 13 heteroatoms. The van der Waals surface area contributed by atoms with Gasteiger partial charge in [0, 0.05) is 6.20 Å². The van der Waals surface area contributed by atoms with Gasteiger partial charge in [-0.05, 0) is 28.1 Å². The third-order valence-electron chi connectivity index (χ3n) is 3.21. The van der Waals surface area contributed by atoms with Crippen molar-refractivity contribution in [3.05, 3.63) is 41.0 Å². The molecule has 0 atom stereocenters. The molecule has 0 aliphatic rings. The summed E-state index contributed by atoms with van der Waals surface area (Å²) in [6, 6.07) is 2.61. The van der Waals surface area contributed by atoms with E-state index in [9.17, 15) is 13.6 Å². The topological polar surface area (TPSA) is 141 Å². The van der Waals surface area contributed by atoms with Crippen molar-refractivity contribution >= 4 is 33.5 Å². The number of nitrogen functional groups attached to an aromatic ring is 1. The average molecular weight is 456 g/mol. The van der Waals surface area contributed by atoms with Crippen molar-refractivity contribution in [3.63, 3.8) is 0 Å². The Balaban J connectivity index is 1.70. The van der Waals surface area contributed by atoms with Crippen LogP contribution in [0.1, 0.15) is 10.5 Å². The van der Waals surface area contributed by atoms with E-state index in [1.807, 2.05) is 0 Å². The van der Waals surface area contributed by atoms with E-state index in [0.29, 0.717) is 10.2 Å². The molecule has 10 nitrogen and oxygen atoms in total. The number of hydrazine groups is 1. The van der Waals surface area contributed by atoms with Gasteiger partial charge in [-0.2, -0.15) is 13.8 Å². The van der Waals surface area contributed by atoms with Gasteiger partial charge < -0.3 is 20.3 Å². The van der Waals surface area contributed by atoms with Crippen LogP contribution in [-0.2, 0) is 0 Å². The maximum atomic E-state index is 12.4. The van der Waals surface area contributed by atoms with Crippen molar-refractivity contribution in [2.45, 2.75) is 6.61 Å². The third-order valence-corrected chi connectivity index (χ3v) is 3.96. The first-order chi connectivity index (χ1) is 13.5. The lowest BCUT2D eigenvalue weighted by molar-refractivity contribution is -0.0504. The molecule has 0 aromatic carbocycles. The van der Waals surface area contributed by atoms with Gasteiger partial charge in [-0.25, -0.2) is 20.4 Å². The Morgan fingerprint density at radius 1 is 1.32 bits per heavy atom. The molecule has 0 fully saturated rings. The standard InChI is InChI=1S/C15H12BrF2N7O3/c16-9-11(13-21-4-5-27-13)23-15(19)24-12(9)25-22-6-7(26)10-8(28-14(17)18)2-1-3-20-10/h1-5,14,22H,6H2,(H3,19,23,24,25). The number of hydrogen-bond donors (Lipinski definition) is 3. The number of nitrogens with one attached hydrogen (secondary N) is 2. The summed E-state index contributed by atoms with van der Waals surface area (Å²) in [6.45, 7) is -3.38. The predicted octanol–water partition coefficient (Wildman–Crippen LogP) is 2.27. The number of carbonyl (C=O) groups excluding carboxylic acids is 1. The Labute approximate surface area is 164 Å². The summed E-state index contributed by atoms with van der Waals surface area (Å²) in [5.41, 5.74) is 11.0. The fourth-order valence-corrected chi connectivity index (χ4v) is 2.56. The molecule has 3 aromatic heterocycles. The molecule has 4 N–H and O–H groups in total. The molecule has 0 amide bonds. The number of ketones is 1. The van der Waals surface area contributed by atoms with E-state index >= 15 is 0 Å². The summed E-state index contributed by atoms with van der Waals surface area (Å²) in [5.74, 6) is -0.553. The van der Waals surface area contributed by atoms with Crippen molar-refractivity contribution in [1.82, 2.24) is 25.4 Å². The van der Waals surface area contributed by atoms with Gasteiger partial charge in [-0.3, -0.25) is 4.79 Å². The molecule has 28 heavy (non-hydrogen) atoms. The number of anilines is 2. The highest BCUT2D eigenvalue weighted by atomic mass is 79.9. The van der Waals surface area contributed by atoms with Crippen LogP contribution in [0.5, 0.6) is 5.75 Å². The van der Waals surface area contributed by atoms with Gasteiger partial charge in [-0.1, -0.05) is 0 Å². The zero-order valence-corrected chi connectivity index (χ0v) is 15.5. The van der Waals surface area contributed by atoms with E-state index < -0.39 is 12.4 Å². The molecule has 3 heterocycles. The van der Waals surface area contributed by atoms with Crippen LogP contribution in [0.4, 0.5) is 20.5 Å². The zero-order valence-electron chi connectivity index (χ0n) is 13.9. The van der Waals surface area contributed by atoms with Gasteiger partial charge in [0.1, 0.15) is 17.7 Å². The number of hydrogen-bond acceptors (Lipinski definition) is 10. The van der Waals surface area contributed by atoms with Crippen molar-refractivity contribution in [2.75, 3.05) is 17.7 Å². The van der Waals surface area contributed by atoms with Crippen LogP contribution >= 0.6 is 15.9 Å². The fourth-order valence-electron chi connectivity index (χ4n) is 2.11. The first-order valence-corrected chi connectivity index (χ1v) is 8.39. The second-order valence-electron chi connectivity index (χ2n) is 5.06. The minimum absolute atomic E-state index is 0.0654. The number of Topliss-reactive ketones (excluding diaryl/α,β-unsaturated/α-hetero) is 1. The highest BCUT2D eigenvalue weighted by Crippen LogP contribution is 2.30. The zero-order chi connectivity index (χ0) is 20.1. The van der Waals surface area contributed by atoms with Crippen LogP contribution in [0, 0.1) is 0 Å². The molecule has 0 unspecified atom stereocenters. The summed E-state index contributed by atoms with van der Waals surface area (Å²) >= 11 is 3.30. The van der Waals surface area contributed by atoms with E-state index in [1.54, 1.807) is 0 Å². The number of nitrogens with zero attached hydrogens (tertiary/aromatic N) is 4. The lowest BCUT2D eigenvalue weighted by Crippen LogP contribution is -2.30. The monoisotopic (exact) mass is 455 g/mol. The first-order valence-electron chi connectivity index (χ1n) is 7.60. The Kier molecular flexibility index (Phi) is 6.06. The number of halogens is 3. The van der Waals surface area contributed by atoms with Gasteiger partial charge in [0.2, 0.25) is 17.6 Å². The number of carbonyl (C=O) groups is 1. The lowest BCUT2D eigenvalue weighted by atomic mass is 10.2. The van der Waals surface area contributed by atoms with Crippen LogP contribution in [0.2, 0.25) is 0 Å². The molecule has 0 saturated carbocycles. The molecule has 3 aromatic rings. The number of nitrogens with two attached hydrogens (primary N) is 1. The molecule has 3 rings (SSSR count). The van der Waals surface area contributed by atoms with Gasteiger partial charge in [0.25, 0.3) is 0 Å². The first kappa shape index (κ1) is 19.6. The van der Waals surface area contributed by atoms with Gasteiger partial charge in [0.15, 0.2) is 11.6 Å². The van der Waals surface area contributed by atoms with Crippen molar-refractivity contribution in [1.29, 1.82) is 0 Å². The van der Waals surface area contributed by atoms with Gasteiger partial charge in [-0.15, -0.1) is 0 Å². The Bertz CT molecular complexity index is 972. The van der Waals surface area contributed by atoms with Crippen LogP contribution in [-0.4, -0.2) is 38.9 Å². The third kappa shape index (κ3) is 4.55. The maximum Gasteiger partial charge on any atom is 0.387 e. The number of pyridine rings is 1. The Morgan fingerprint density at radius 2 is 2.14 bits per heavy atom. The van der Waals surface area contributed by atoms with E-state index in [0.717, 1.165) is 0 Å². The van der Waals surface area contributed by atoms with Crippen molar-refractivity contribution in [3.8, 4) is 17.3 Å². The second-order valence-corrected chi connectivity index (χ2v) is 5.85. The minimum Gasteiger partial charge on any atom is -0.443 e. The smallest absolute Gasteiger partial charge is 0.387 e. The maximum absolute atomic E-state index is 12.4. The molecule has 0 aliphatic carbocycles. The average Bonchev–Trinajstić information content (AvgIpc) is 3.18. The second kappa shape index (κ2) is 8.67. The summed E-state index contributed by atoms with van der Waals surface area (Å²) in [7, 11) is 0. The molecule has 0 spiro atoms. The summed E-state index contributed by atoms with van der Waals surface area (Å²) < 4.78 is 34.7. The van der Waals surface area contributed by atoms with Crippen molar-refractivity contribution in [2.24, 2.45) is 0 Å². The molecule has 0 bridgehead atoms. The number of ether oxygens (including phenoxy) is 1. The van der Waals surface area contributed by atoms with Crippen LogP contribution in [0.15, 0.2) is 39.7 Å². The highest BCUT2D eigenvalue weighted by molar-refractivity contribution is 9.10. The van der Waals surface area contributed by atoms with E-state index in [4.69, 9.17) is 10.2 Å². The van der Waals surface area contributed by atoms with E-state index in [2.05, 4.69) is 51.5 Å². The predicted molar refractivity (Wildman–Crippen MR) is 96.5 cm³/mol. The summed E-state index contributed by atoms with van der Waals surface area (Å²) in [4.78, 5) is 28.1. The number of oxazole rings is 1. The largest absolute Gasteiger partial charge is 0.443 e. The molecule has 146 valence electrons. The molecule has 0 aliphatic heterocycles. The normalized spacial score (nSPS) is 10.9. The van der Waals surface area contributed by atoms with Gasteiger partial charge in [0.05, 0.1) is 17.2 Å². The molecular formula is C15H12BrF2N7O3.